The van der Waals surface area contributed by atoms with Crippen LogP contribution in [0.5, 0.6) is 0 Å². The van der Waals surface area contributed by atoms with Gasteiger partial charge < -0.3 is 10.2 Å². The Hall–Kier alpha value is -3.37. The van der Waals surface area contributed by atoms with Crippen molar-refractivity contribution >= 4 is 41.0 Å². The quantitative estimate of drug-likeness (QED) is 0.482. The topological polar surface area (TPSA) is 125 Å². The summed E-state index contributed by atoms with van der Waals surface area (Å²) >= 11 is 6.06. The van der Waals surface area contributed by atoms with E-state index < -0.39 is 29.7 Å². The fourth-order valence-corrected chi connectivity index (χ4v) is 5.03. The molecule has 34 heavy (non-hydrogen) atoms. The van der Waals surface area contributed by atoms with Crippen LogP contribution >= 0.6 is 11.6 Å². The minimum Gasteiger partial charge on any atom is -0.348 e. The number of hydrogen-bond donors (Lipinski definition) is 2. The highest BCUT2D eigenvalue weighted by Gasteiger charge is 2.45. The monoisotopic (exact) mass is 482 g/mol. The number of carbonyl (C=O) groups is 4. The Morgan fingerprint density at radius 1 is 1.12 bits per heavy atom. The van der Waals surface area contributed by atoms with E-state index in [1.807, 2.05) is 6.07 Å². The molecule has 2 unspecified atom stereocenters. The Labute approximate surface area is 200 Å². The van der Waals surface area contributed by atoms with Crippen LogP contribution in [0.25, 0.3) is 0 Å². The number of hydrogen-bond acceptors (Lipinski definition) is 8. The largest absolute Gasteiger partial charge is 0.348 e. The summed E-state index contributed by atoms with van der Waals surface area (Å²) in [7, 11) is 0. The van der Waals surface area contributed by atoms with Crippen LogP contribution in [0.3, 0.4) is 0 Å². The first-order valence-electron chi connectivity index (χ1n) is 11.2. The molecule has 0 spiro atoms. The maximum Gasteiger partial charge on any atom is 0.262 e. The Kier molecular flexibility index (Phi) is 6.01. The van der Waals surface area contributed by atoms with E-state index in [0.29, 0.717) is 17.9 Å². The number of carbonyl (C=O) groups excluding carboxylic acids is 4. The van der Waals surface area contributed by atoms with Crippen LogP contribution in [0.4, 0.5) is 5.82 Å². The normalized spacial score (nSPS) is 22.6. The van der Waals surface area contributed by atoms with E-state index >= 15 is 0 Å². The van der Waals surface area contributed by atoms with Crippen LogP contribution < -0.4 is 15.5 Å². The molecule has 2 fully saturated rings. The molecule has 0 saturated carbocycles. The van der Waals surface area contributed by atoms with Gasteiger partial charge in [0.05, 0.1) is 11.1 Å². The van der Waals surface area contributed by atoms with Crippen LogP contribution in [0.15, 0.2) is 30.5 Å². The summed E-state index contributed by atoms with van der Waals surface area (Å²) in [6.45, 7) is 2.00. The molecule has 0 radical (unpaired) electrons. The number of imide groups is 2. The molecular weight excluding hydrogens is 460 g/mol. The fraction of sp³-hybridized carbons (Fsp3) is 0.391. The Morgan fingerprint density at radius 3 is 2.71 bits per heavy atom. The highest BCUT2D eigenvalue weighted by molar-refractivity contribution is 6.28. The summed E-state index contributed by atoms with van der Waals surface area (Å²) < 4.78 is 0. The van der Waals surface area contributed by atoms with Crippen molar-refractivity contribution in [1.29, 1.82) is 0 Å². The summed E-state index contributed by atoms with van der Waals surface area (Å²) in [6.07, 6.45) is 3.70. The van der Waals surface area contributed by atoms with Crippen LogP contribution in [-0.2, 0) is 16.1 Å². The molecule has 0 aliphatic carbocycles. The molecule has 11 heteroatoms. The molecular formula is C23H23ClN6O4. The van der Waals surface area contributed by atoms with E-state index in [4.69, 9.17) is 11.6 Å². The second-order valence-electron chi connectivity index (χ2n) is 8.60. The number of amides is 4. The highest BCUT2D eigenvalue weighted by Crippen LogP contribution is 2.32. The zero-order valence-electron chi connectivity index (χ0n) is 18.3. The Morgan fingerprint density at radius 2 is 1.97 bits per heavy atom. The first kappa shape index (κ1) is 22.4. The van der Waals surface area contributed by atoms with Crippen molar-refractivity contribution in [3.05, 3.63) is 52.4 Å². The molecule has 3 aliphatic rings. The van der Waals surface area contributed by atoms with E-state index in [0.717, 1.165) is 30.8 Å². The van der Waals surface area contributed by atoms with E-state index in [2.05, 4.69) is 25.5 Å². The number of rotatable bonds is 5. The van der Waals surface area contributed by atoms with Gasteiger partial charge in [0, 0.05) is 31.7 Å². The molecule has 1 aromatic heterocycles. The van der Waals surface area contributed by atoms with Gasteiger partial charge in [-0.05, 0) is 55.1 Å². The summed E-state index contributed by atoms with van der Waals surface area (Å²) in [4.78, 5) is 62.0. The molecule has 1 aromatic carbocycles. The van der Waals surface area contributed by atoms with Crippen molar-refractivity contribution in [1.82, 2.24) is 25.5 Å². The van der Waals surface area contributed by atoms with Crippen molar-refractivity contribution < 1.29 is 19.2 Å². The minimum atomic E-state index is -1.00. The lowest BCUT2D eigenvalue weighted by Crippen LogP contribution is -2.54. The van der Waals surface area contributed by atoms with Crippen molar-refractivity contribution in [3.63, 3.8) is 0 Å². The van der Waals surface area contributed by atoms with Gasteiger partial charge in [0.2, 0.25) is 17.1 Å². The zero-order chi connectivity index (χ0) is 23.8. The van der Waals surface area contributed by atoms with E-state index in [1.165, 1.54) is 0 Å². The molecule has 4 amide bonds. The maximum atomic E-state index is 13.5. The molecule has 5 rings (SSSR count). The van der Waals surface area contributed by atoms with Gasteiger partial charge in [-0.25, -0.2) is 9.97 Å². The van der Waals surface area contributed by atoms with E-state index in [1.54, 1.807) is 24.4 Å². The molecule has 176 valence electrons. The van der Waals surface area contributed by atoms with Crippen molar-refractivity contribution in [2.75, 3.05) is 18.0 Å². The predicted molar refractivity (Wildman–Crippen MR) is 122 cm³/mol. The average molecular weight is 483 g/mol. The highest BCUT2D eigenvalue weighted by atomic mass is 35.5. The van der Waals surface area contributed by atoms with E-state index in [9.17, 15) is 19.2 Å². The third-order valence-corrected chi connectivity index (χ3v) is 6.69. The minimum absolute atomic E-state index is 0.0770. The Balaban J connectivity index is 1.49. The molecule has 2 N–H and O–H groups in total. The number of benzene rings is 1. The van der Waals surface area contributed by atoms with Crippen molar-refractivity contribution in [2.24, 2.45) is 0 Å². The standard InChI is InChI=1S/C23H23ClN6O4/c24-23-26-10-8-17(27-23)29(14-4-2-9-25-11-14)12-13-3-1-5-15-19(13)22(34)30(21(15)33)16-6-7-18(31)28-20(16)32/h1,3,5,8,10,14,16,25H,2,4,6-7,9,11-12H2,(H,28,31,32). The average Bonchev–Trinajstić information content (AvgIpc) is 3.09. The number of fused-ring (bicyclic) bond motifs is 1. The lowest BCUT2D eigenvalue weighted by Gasteiger charge is -2.36. The van der Waals surface area contributed by atoms with Gasteiger partial charge in [0.15, 0.2) is 0 Å². The van der Waals surface area contributed by atoms with Gasteiger partial charge in [-0.1, -0.05) is 12.1 Å². The first-order valence-corrected chi connectivity index (χ1v) is 11.6. The van der Waals surface area contributed by atoms with Gasteiger partial charge >= 0.3 is 0 Å². The fourth-order valence-electron chi connectivity index (χ4n) is 4.88. The van der Waals surface area contributed by atoms with Gasteiger partial charge in [0.1, 0.15) is 11.9 Å². The maximum absolute atomic E-state index is 13.5. The van der Waals surface area contributed by atoms with Gasteiger partial charge in [-0.2, -0.15) is 0 Å². The van der Waals surface area contributed by atoms with Crippen LogP contribution in [0, 0.1) is 0 Å². The zero-order valence-corrected chi connectivity index (χ0v) is 19.0. The van der Waals surface area contributed by atoms with Gasteiger partial charge in [0.25, 0.3) is 11.8 Å². The molecule has 10 nitrogen and oxygen atoms in total. The number of anilines is 1. The molecule has 4 heterocycles. The molecule has 2 aromatic rings. The lowest BCUT2D eigenvalue weighted by atomic mass is 10.00. The van der Waals surface area contributed by atoms with Gasteiger partial charge in [-0.15, -0.1) is 0 Å². The third-order valence-electron chi connectivity index (χ3n) is 6.51. The van der Waals surface area contributed by atoms with Crippen LogP contribution in [0.1, 0.15) is 52.0 Å². The van der Waals surface area contributed by atoms with Gasteiger partial charge in [-0.3, -0.25) is 29.4 Å². The number of aromatic nitrogens is 2. The number of piperidine rings is 2. The van der Waals surface area contributed by atoms with Crippen LogP contribution in [0.2, 0.25) is 5.28 Å². The SMILES string of the molecule is O=C1CCC(N2C(=O)c3cccc(CN(c4ccnc(Cl)n4)C4CCCNC4)c3C2=O)C(=O)N1. The molecule has 3 aliphatic heterocycles. The molecule has 0 bridgehead atoms. The summed E-state index contributed by atoms with van der Waals surface area (Å²) in [5.74, 6) is -1.44. The summed E-state index contributed by atoms with van der Waals surface area (Å²) in [5, 5.41) is 5.74. The van der Waals surface area contributed by atoms with Crippen molar-refractivity contribution in [3.8, 4) is 0 Å². The predicted octanol–water partition coefficient (Wildman–Crippen LogP) is 1.29. The van der Waals surface area contributed by atoms with Crippen LogP contribution in [-0.4, -0.2) is 63.7 Å². The smallest absolute Gasteiger partial charge is 0.262 e. The van der Waals surface area contributed by atoms with Crippen molar-refractivity contribution in [2.45, 2.75) is 44.3 Å². The molecule has 2 atom stereocenters. The summed E-state index contributed by atoms with van der Waals surface area (Å²) in [5.41, 5.74) is 1.20. The second kappa shape index (κ2) is 9.11. The first-order chi connectivity index (χ1) is 16.4. The number of halogens is 1. The molecule has 2 saturated heterocycles. The summed E-state index contributed by atoms with van der Waals surface area (Å²) in [6, 6.07) is 6.01. The Bertz CT molecular complexity index is 1180. The number of nitrogens with one attached hydrogen (secondary N) is 2. The lowest BCUT2D eigenvalue weighted by molar-refractivity contribution is -0.136. The third kappa shape index (κ3) is 4.03. The second-order valence-corrected chi connectivity index (χ2v) is 8.94. The number of nitrogens with zero attached hydrogens (tertiary/aromatic N) is 4. The van der Waals surface area contributed by atoms with E-state index in [-0.39, 0.29) is 35.3 Å².